The molecule has 2 saturated carbocycles. The molecule has 2 fully saturated rings. The molecule has 3 rings (SSSR count). The van der Waals surface area contributed by atoms with Crippen molar-refractivity contribution in [2.24, 2.45) is 0 Å². The van der Waals surface area contributed by atoms with E-state index in [1.165, 1.54) is 36.8 Å². The second kappa shape index (κ2) is 7.98. The van der Waals surface area contributed by atoms with Crippen molar-refractivity contribution in [2.75, 3.05) is 0 Å². The van der Waals surface area contributed by atoms with Gasteiger partial charge in [0.2, 0.25) is 0 Å². The van der Waals surface area contributed by atoms with Gasteiger partial charge in [-0.2, -0.15) is 8.42 Å². The van der Waals surface area contributed by atoms with E-state index in [4.69, 9.17) is 0 Å². The molecule has 4 nitrogen and oxygen atoms in total. The summed E-state index contributed by atoms with van der Waals surface area (Å²) in [6.07, 6.45) is 11.7. The summed E-state index contributed by atoms with van der Waals surface area (Å²) < 4.78 is 33.8. The highest BCUT2D eigenvalue weighted by Crippen LogP contribution is 2.44. The Morgan fingerprint density at radius 3 is 1.75 bits per heavy atom. The smallest absolute Gasteiger partial charge is 0.294 e. The Labute approximate surface area is 146 Å². The van der Waals surface area contributed by atoms with Gasteiger partial charge in [-0.1, -0.05) is 44.6 Å². The zero-order valence-electron chi connectivity index (χ0n) is 14.8. The quantitative estimate of drug-likeness (QED) is 0.702. The Hall–Kier alpha value is -0.910. The van der Waals surface area contributed by atoms with Gasteiger partial charge in [0, 0.05) is 0 Å². The van der Waals surface area contributed by atoms with Gasteiger partial charge in [0.25, 0.3) is 10.1 Å². The standard InChI is InChI=1S/C19H28O3S.H3N/c1-14-12-13-17(23(20,21)22)19(16-10-6-3-7-11-16)18(14)15-8-4-2-5-9-15;/h12-13,15-16H,2-11H2,1H3,(H,20,21,22);1H3. The van der Waals surface area contributed by atoms with Crippen LogP contribution in [0.3, 0.4) is 0 Å². The van der Waals surface area contributed by atoms with Gasteiger partial charge in [-0.15, -0.1) is 0 Å². The van der Waals surface area contributed by atoms with E-state index in [1.54, 1.807) is 6.07 Å². The molecule has 2 aliphatic rings. The number of rotatable bonds is 3. The Kier molecular flexibility index (Phi) is 6.46. The number of benzene rings is 1. The van der Waals surface area contributed by atoms with Crippen LogP contribution in [0, 0.1) is 6.92 Å². The molecule has 0 bridgehead atoms. The van der Waals surface area contributed by atoms with Gasteiger partial charge in [0.05, 0.1) is 4.90 Å². The normalized spacial score (nSPS) is 20.6. The summed E-state index contributed by atoms with van der Waals surface area (Å²) in [5.41, 5.74) is 3.40. The van der Waals surface area contributed by atoms with E-state index in [9.17, 15) is 13.0 Å². The van der Waals surface area contributed by atoms with E-state index < -0.39 is 10.1 Å². The van der Waals surface area contributed by atoms with Crippen molar-refractivity contribution in [1.82, 2.24) is 6.15 Å². The summed E-state index contributed by atoms with van der Waals surface area (Å²) in [7, 11) is -4.16. The Morgan fingerprint density at radius 2 is 1.29 bits per heavy atom. The van der Waals surface area contributed by atoms with E-state index in [1.807, 2.05) is 6.07 Å². The first-order chi connectivity index (χ1) is 11.0. The highest BCUT2D eigenvalue weighted by atomic mass is 32.2. The fraction of sp³-hybridized carbons (Fsp3) is 0.684. The predicted octanol–water partition coefficient (Wildman–Crippen LogP) is 5.50. The van der Waals surface area contributed by atoms with Crippen molar-refractivity contribution >= 4 is 10.1 Å². The lowest BCUT2D eigenvalue weighted by molar-refractivity contribution is 0.411. The maximum Gasteiger partial charge on any atom is 0.294 e. The van der Waals surface area contributed by atoms with Gasteiger partial charge >= 0.3 is 0 Å². The predicted molar refractivity (Wildman–Crippen MR) is 97.7 cm³/mol. The summed E-state index contributed by atoms with van der Waals surface area (Å²) >= 11 is 0. The summed E-state index contributed by atoms with van der Waals surface area (Å²) in [5, 5.41) is 0. The number of hydrogen-bond donors (Lipinski definition) is 2. The lowest BCUT2D eigenvalue weighted by atomic mass is 9.74. The maximum absolute atomic E-state index is 12.0. The molecule has 0 atom stereocenters. The zero-order chi connectivity index (χ0) is 16.4. The third kappa shape index (κ3) is 4.01. The van der Waals surface area contributed by atoms with E-state index in [-0.39, 0.29) is 17.0 Å². The van der Waals surface area contributed by atoms with Crippen molar-refractivity contribution < 1.29 is 13.0 Å². The van der Waals surface area contributed by atoms with Crippen LogP contribution in [0.1, 0.15) is 92.7 Å². The first kappa shape index (κ1) is 19.4. The second-order valence-corrected chi connectivity index (χ2v) is 8.74. The van der Waals surface area contributed by atoms with Gasteiger partial charge in [-0.25, -0.2) is 0 Å². The van der Waals surface area contributed by atoms with Crippen molar-refractivity contribution in [3.63, 3.8) is 0 Å². The molecule has 136 valence electrons. The minimum absolute atomic E-state index is 0. The molecule has 1 aromatic rings. The average Bonchev–Trinajstić information content (AvgIpc) is 2.55. The van der Waals surface area contributed by atoms with E-state index in [2.05, 4.69) is 6.92 Å². The third-order valence-corrected chi connectivity index (χ3v) is 6.68. The minimum atomic E-state index is -4.16. The molecule has 0 heterocycles. The summed E-state index contributed by atoms with van der Waals surface area (Å²) in [6.45, 7) is 2.10. The number of hydrogen-bond acceptors (Lipinski definition) is 3. The first-order valence-electron chi connectivity index (χ1n) is 9.09. The summed E-state index contributed by atoms with van der Waals surface area (Å²) in [6, 6.07) is 3.51. The van der Waals surface area contributed by atoms with Crippen molar-refractivity contribution in [2.45, 2.75) is 87.9 Å². The Morgan fingerprint density at radius 1 is 0.833 bits per heavy atom. The van der Waals surface area contributed by atoms with Gasteiger partial charge in [0.15, 0.2) is 0 Å². The fourth-order valence-corrected chi connectivity index (χ4v) is 5.49. The maximum atomic E-state index is 12.0. The van der Waals surface area contributed by atoms with E-state index in [0.717, 1.165) is 44.1 Å². The topological polar surface area (TPSA) is 89.4 Å². The molecule has 0 spiro atoms. The SMILES string of the molecule is Cc1ccc(S(=O)(=O)O)c(C2CCCCC2)c1C1CCCCC1.N. The molecule has 2 aliphatic carbocycles. The summed E-state index contributed by atoms with van der Waals surface area (Å²) in [4.78, 5) is 0.176. The highest BCUT2D eigenvalue weighted by molar-refractivity contribution is 7.85. The van der Waals surface area contributed by atoms with Crippen LogP contribution in [0.5, 0.6) is 0 Å². The molecule has 0 saturated heterocycles. The molecule has 1 aromatic carbocycles. The first-order valence-corrected chi connectivity index (χ1v) is 10.5. The molecule has 0 aliphatic heterocycles. The minimum Gasteiger partial charge on any atom is -0.344 e. The Bertz CT molecular complexity index is 657. The number of aryl methyl sites for hydroxylation is 1. The average molecular weight is 354 g/mol. The van der Waals surface area contributed by atoms with E-state index >= 15 is 0 Å². The van der Waals surface area contributed by atoms with Crippen LogP contribution in [0.25, 0.3) is 0 Å². The van der Waals surface area contributed by atoms with Gasteiger partial charge in [-0.3, -0.25) is 4.55 Å². The van der Waals surface area contributed by atoms with Crippen molar-refractivity contribution in [3.05, 3.63) is 28.8 Å². The highest BCUT2D eigenvalue weighted by Gasteiger charge is 2.30. The molecule has 5 heteroatoms. The van der Waals surface area contributed by atoms with Crippen LogP contribution in [0.15, 0.2) is 17.0 Å². The van der Waals surface area contributed by atoms with Crippen molar-refractivity contribution in [3.8, 4) is 0 Å². The second-order valence-electron chi connectivity index (χ2n) is 7.35. The molecule has 4 N–H and O–H groups in total. The van der Waals surface area contributed by atoms with Crippen LogP contribution < -0.4 is 6.15 Å². The molecular weight excluding hydrogens is 322 g/mol. The van der Waals surface area contributed by atoms with E-state index in [0.29, 0.717) is 5.92 Å². The molecule has 0 amide bonds. The van der Waals surface area contributed by atoms with Gasteiger partial charge in [0.1, 0.15) is 0 Å². The van der Waals surface area contributed by atoms with Crippen LogP contribution in [-0.4, -0.2) is 13.0 Å². The third-order valence-electron chi connectivity index (χ3n) is 5.77. The molecule has 0 aromatic heterocycles. The van der Waals surface area contributed by atoms with Gasteiger partial charge in [-0.05, 0) is 67.2 Å². The zero-order valence-corrected chi connectivity index (χ0v) is 15.6. The molecule has 0 unspecified atom stereocenters. The molecular formula is C19H31NO3S. The largest absolute Gasteiger partial charge is 0.344 e. The van der Waals surface area contributed by atoms with Gasteiger partial charge < -0.3 is 6.15 Å². The van der Waals surface area contributed by atoms with Crippen LogP contribution in [0.4, 0.5) is 0 Å². The lowest BCUT2D eigenvalue weighted by Gasteiger charge is -2.32. The van der Waals surface area contributed by atoms with Crippen molar-refractivity contribution in [1.29, 1.82) is 0 Å². The van der Waals surface area contributed by atoms with Crippen LogP contribution >= 0.6 is 0 Å². The lowest BCUT2D eigenvalue weighted by Crippen LogP contribution is -2.17. The monoisotopic (exact) mass is 353 g/mol. The molecule has 24 heavy (non-hydrogen) atoms. The van der Waals surface area contributed by atoms with Crippen LogP contribution in [-0.2, 0) is 10.1 Å². The Balaban J connectivity index is 0.00000208. The molecule has 0 radical (unpaired) electrons. The van der Waals surface area contributed by atoms with Crippen LogP contribution in [0.2, 0.25) is 0 Å². The summed E-state index contributed by atoms with van der Waals surface area (Å²) in [5.74, 6) is 0.750. The fourth-order valence-electron chi connectivity index (χ4n) is 4.70.